The molecule has 1 heterocycles. The second-order valence-corrected chi connectivity index (χ2v) is 11.7. The van der Waals surface area contributed by atoms with Gasteiger partial charge in [-0.25, -0.2) is 16.8 Å². The van der Waals surface area contributed by atoms with Crippen LogP contribution in [0, 0.1) is 13.8 Å². The predicted molar refractivity (Wildman–Crippen MR) is 114 cm³/mol. The SMILES string of the molecule is Cc1ccc(S(=O)(=O)N2CCN(S(=O)(=O)c3ccc(C(C)C)cc3)CC2)cc1C. The third kappa shape index (κ3) is 4.40. The number of rotatable bonds is 5. The van der Waals surface area contributed by atoms with E-state index in [4.69, 9.17) is 0 Å². The topological polar surface area (TPSA) is 74.8 Å². The summed E-state index contributed by atoms with van der Waals surface area (Å²) in [4.78, 5) is 0.494. The molecule has 1 saturated heterocycles. The van der Waals surface area contributed by atoms with Gasteiger partial charge in [-0.3, -0.25) is 0 Å². The Balaban J connectivity index is 1.74. The first-order chi connectivity index (χ1) is 13.5. The molecule has 0 bridgehead atoms. The molecule has 0 aliphatic carbocycles. The van der Waals surface area contributed by atoms with Gasteiger partial charge in [-0.2, -0.15) is 8.61 Å². The van der Waals surface area contributed by atoms with Crippen LogP contribution in [-0.4, -0.2) is 51.6 Å². The molecule has 0 radical (unpaired) electrons. The van der Waals surface area contributed by atoms with E-state index in [1.807, 2.05) is 26.0 Å². The zero-order valence-electron chi connectivity index (χ0n) is 17.3. The Kier molecular flexibility index (Phi) is 6.19. The van der Waals surface area contributed by atoms with Crippen LogP contribution < -0.4 is 0 Å². The van der Waals surface area contributed by atoms with Crippen molar-refractivity contribution in [2.45, 2.75) is 43.4 Å². The van der Waals surface area contributed by atoms with Gasteiger partial charge in [0.25, 0.3) is 0 Å². The molecule has 1 fully saturated rings. The number of piperazine rings is 1. The van der Waals surface area contributed by atoms with Crippen LogP contribution in [0.25, 0.3) is 0 Å². The molecule has 0 unspecified atom stereocenters. The summed E-state index contributed by atoms with van der Waals surface area (Å²) in [6.45, 7) is 8.47. The Bertz CT molecular complexity index is 1080. The predicted octanol–water partition coefficient (Wildman–Crippen LogP) is 3.12. The quantitative estimate of drug-likeness (QED) is 0.722. The summed E-state index contributed by atoms with van der Waals surface area (Å²) < 4.78 is 54.5. The monoisotopic (exact) mass is 436 g/mol. The first-order valence-corrected chi connectivity index (χ1v) is 12.6. The summed E-state index contributed by atoms with van der Waals surface area (Å²) in [5, 5.41) is 0. The fourth-order valence-electron chi connectivity index (χ4n) is 3.35. The summed E-state index contributed by atoms with van der Waals surface area (Å²) in [5.74, 6) is 0.325. The fourth-order valence-corrected chi connectivity index (χ4v) is 6.28. The van der Waals surface area contributed by atoms with Crippen molar-refractivity contribution < 1.29 is 16.8 Å². The zero-order chi connectivity index (χ0) is 21.4. The standard InChI is InChI=1S/C21H28N2O4S2/c1-16(2)19-6-9-20(10-7-19)28(24,25)22-11-13-23(14-12-22)29(26,27)21-8-5-17(3)18(4)15-21/h5-10,15-16H,11-14H2,1-4H3. The molecule has 2 aromatic rings. The molecular formula is C21H28N2O4S2. The Labute approximate surface area is 174 Å². The third-order valence-electron chi connectivity index (χ3n) is 5.50. The molecule has 8 heteroatoms. The highest BCUT2D eigenvalue weighted by atomic mass is 32.2. The van der Waals surface area contributed by atoms with Crippen LogP contribution in [0.4, 0.5) is 0 Å². The van der Waals surface area contributed by atoms with Crippen LogP contribution in [-0.2, 0) is 20.0 Å². The Morgan fingerprint density at radius 3 is 1.59 bits per heavy atom. The molecule has 3 rings (SSSR count). The van der Waals surface area contributed by atoms with E-state index in [1.165, 1.54) is 8.61 Å². The van der Waals surface area contributed by atoms with Crippen LogP contribution >= 0.6 is 0 Å². The van der Waals surface area contributed by atoms with E-state index in [1.54, 1.807) is 30.3 Å². The van der Waals surface area contributed by atoms with Crippen molar-refractivity contribution in [3.05, 3.63) is 59.2 Å². The molecule has 2 aromatic carbocycles. The van der Waals surface area contributed by atoms with Crippen LogP contribution in [0.5, 0.6) is 0 Å². The first-order valence-electron chi connectivity index (χ1n) is 9.71. The smallest absolute Gasteiger partial charge is 0.207 e. The van der Waals surface area contributed by atoms with E-state index in [-0.39, 0.29) is 36.0 Å². The summed E-state index contributed by atoms with van der Waals surface area (Å²) in [5.41, 5.74) is 3.02. The van der Waals surface area contributed by atoms with E-state index in [9.17, 15) is 16.8 Å². The van der Waals surface area contributed by atoms with Gasteiger partial charge in [0.05, 0.1) is 9.79 Å². The molecule has 1 aliphatic rings. The maximum absolute atomic E-state index is 12.9. The second kappa shape index (κ2) is 8.18. The van der Waals surface area contributed by atoms with E-state index >= 15 is 0 Å². The Morgan fingerprint density at radius 1 is 0.690 bits per heavy atom. The molecule has 0 aromatic heterocycles. The lowest BCUT2D eigenvalue weighted by Crippen LogP contribution is -2.50. The van der Waals surface area contributed by atoms with Crippen molar-refractivity contribution in [3.8, 4) is 0 Å². The minimum absolute atomic E-state index is 0.137. The van der Waals surface area contributed by atoms with Crippen molar-refractivity contribution in [3.63, 3.8) is 0 Å². The minimum Gasteiger partial charge on any atom is -0.207 e. The highest BCUT2D eigenvalue weighted by Crippen LogP contribution is 2.24. The highest BCUT2D eigenvalue weighted by Gasteiger charge is 2.33. The van der Waals surface area contributed by atoms with Crippen molar-refractivity contribution in [1.82, 2.24) is 8.61 Å². The third-order valence-corrected chi connectivity index (χ3v) is 9.31. The molecular weight excluding hydrogens is 408 g/mol. The molecule has 6 nitrogen and oxygen atoms in total. The molecule has 0 spiro atoms. The molecule has 0 amide bonds. The highest BCUT2D eigenvalue weighted by molar-refractivity contribution is 7.89. The van der Waals surface area contributed by atoms with Gasteiger partial charge in [0.15, 0.2) is 0 Å². The summed E-state index contributed by atoms with van der Waals surface area (Å²) in [6, 6.07) is 12.0. The first kappa shape index (κ1) is 22.0. The van der Waals surface area contributed by atoms with Crippen molar-refractivity contribution in [2.24, 2.45) is 0 Å². The summed E-state index contributed by atoms with van der Waals surface area (Å²) in [7, 11) is -7.28. The molecule has 0 atom stereocenters. The maximum atomic E-state index is 12.9. The summed E-state index contributed by atoms with van der Waals surface area (Å²) >= 11 is 0. The fraction of sp³-hybridized carbons (Fsp3) is 0.429. The van der Waals surface area contributed by atoms with Gasteiger partial charge in [0.1, 0.15) is 0 Å². The van der Waals surface area contributed by atoms with Gasteiger partial charge < -0.3 is 0 Å². The van der Waals surface area contributed by atoms with Gasteiger partial charge in [0.2, 0.25) is 20.0 Å². The minimum atomic E-state index is -3.64. The molecule has 158 valence electrons. The maximum Gasteiger partial charge on any atom is 0.243 e. The van der Waals surface area contributed by atoms with Crippen molar-refractivity contribution in [1.29, 1.82) is 0 Å². The molecule has 0 saturated carbocycles. The summed E-state index contributed by atoms with van der Waals surface area (Å²) in [6.07, 6.45) is 0. The van der Waals surface area contributed by atoms with E-state index in [0.29, 0.717) is 5.92 Å². The van der Waals surface area contributed by atoms with E-state index in [2.05, 4.69) is 13.8 Å². The van der Waals surface area contributed by atoms with Gasteiger partial charge in [-0.1, -0.05) is 32.0 Å². The van der Waals surface area contributed by atoms with E-state index in [0.717, 1.165) is 16.7 Å². The molecule has 29 heavy (non-hydrogen) atoms. The van der Waals surface area contributed by atoms with Gasteiger partial charge in [-0.15, -0.1) is 0 Å². The lowest BCUT2D eigenvalue weighted by Gasteiger charge is -2.33. The van der Waals surface area contributed by atoms with E-state index < -0.39 is 20.0 Å². The normalized spacial score (nSPS) is 17.0. The zero-order valence-corrected chi connectivity index (χ0v) is 18.9. The van der Waals surface area contributed by atoms with Crippen LogP contribution in [0.3, 0.4) is 0 Å². The lowest BCUT2D eigenvalue weighted by atomic mass is 10.0. The number of sulfonamides is 2. The average molecular weight is 437 g/mol. The van der Waals surface area contributed by atoms with Gasteiger partial charge in [-0.05, 0) is 60.7 Å². The Morgan fingerprint density at radius 2 is 1.14 bits per heavy atom. The molecule has 0 N–H and O–H groups in total. The second-order valence-electron chi connectivity index (χ2n) is 7.78. The van der Waals surface area contributed by atoms with Gasteiger partial charge >= 0.3 is 0 Å². The average Bonchev–Trinajstić information content (AvgIpc) is 2.70. The number of hydrogen-bond acceptors (Lipinski definition) is 4. The van der Waals surface area contributed by atoms with Crippen LogP contribution in [0.1, 0.15) is 36.5 Å². The number of benzene rings is 2. The lowest BCUT2D eigenvalue weighted by molar-refractivity contribution is 0.273. The van der Waals surface area contributed by atoms with Crippen molar-refractivity contribution >= 4 is 20.0 Å². The number of nitrogens with zero attached hydrogens (tertiary/aromatic N) is 2. The molecule has 1 aliphatic heterocycles. The van der Waals surface area contributed by atoms with Gasteiger partial charge in [0, 0.05) is 26.2 Å². The Hall–Kier alpha value is -1.74. The van der Waals surface area contributed by atoms with Crippen LogP contribution in [0.15, 0.2) is 52.3 Å². The van der Waals surface area contributed by atoms with Crippen LogP contribution in [0.2, 0.25) is 0 Å². The largest absolute Gasteiger partial charge is 0.243 e. The number of hydrogen-bond donors (Lipinski definition) is 0. The van der Waals surface area contributed by atoms with Crippen molar-refractivity contribution in [2.75, 3.05) is 26.2 Å². The number of aryl methyl sites for hydroxylation is 2.